The van der Waals surface area contributed by atoms with Crippen LogP contribution in [-0.4, -0.2) is 63.4 Å². The molecule has 1 aromatic carbocycles. The summed E-state index contributed by atoms with van der Waals surface area (Å²) in [5.74, 6) is -2.92. The van der Waals surface area contributed by atoms with Crippen molar-refractivity contribution < 1.29 is 32.6 Å². The standard InChI is InChI=1S/C20H21N5O2S.C2HF3O2/c1-25-7-5-16-17(10-25)28-20(22-16)19(26)21-13-4-2-3-12(9-13)18-14-11-27-8-6-15(14)23-24-18;3-2(4,5)1(6)7/h2-4,9H,5-8,10-11H2,1H3,(H,21,26)(H,23,24);(H,6,7). The second kappa shape index (κ2) is 10.1. The summed E-state index contributed by atoms with van der Waals surface area (Å²) in [6, 6.07) is 7.76. The zero-order valence-corrected chi connectivity index (χ0v) is 19.4. The average molecular weight is 510 g/mol. The van der Waals surface area contributed by atoms with Crippen molar-refractivity contribution in [1.82, 2.24) is 20.1 Å². The maximum Gasteiger partial charge on any atom is 0.490 e. The van der Waals surface area contributed by atoms with Gasteiger partial charge in [-0.15, -0.1) is 11.3 Å². The van der Waals surface area contributed by atoms with E-state index in [4.69, 9.17) is 14.6 Å². The maximum absolute atomic E-state index is 12.7. The van der Waals surface area contributed by atoms with Crippen molar-refractivity contribution in [2.24, 2.45) is 0 Å². The fourth-order valence-corrected chi connectivity index (χ4v) is 4.78. The van der Waals surface area contributed by atoms with Gasteiger partial charge in [-0.1, -0.05) is 12.1 Å². The van der Waals surface area contributed by atoms with E-state index in [1.165, 1.54) is 16.2 Å². The summed E-state index contributed by atoms with van der Waals surface area (Å²) in [7, 11) is 2.09. The van der Waals surface area contributed by atoms with E-state index < -0.39 is 12.1 Å². The molecule has 0 aliphatic carbocycles. The highest BCUT2D eigenvalue weighted by Gasteiger charge is 2.38. The second-order valence-corrected chi connectivity index (χ2v) is 9.13. The number of carbonyl (C=O) groups is 2. The van der Waals surface area contributed by atoms with Crippen molar-refractivity contribution in [2.45, 2.75) is 32.2 Å². The summed E-state index contributed by atoms with van der Waals surface area (Å²) >= 11 is 1.49. The lowest BCUT2D eigenvalue weighted by Gasteiger charge is -2.20. The minimum absolute atomic E-state index is 0.161. The molecule has 5 rings (SSSR count). The quantitative estimate of drug-likeness (QED) is 0.494. The van der Waals surface area contributed by atoms with Crippen LogP contribution in [0.3, 0.4) is 0 Å². The number of likely N-dealkylation sites (N-methyl/N-ethyl adjacent to an activating group) is 1. The molecule has 9 nitrogen and oxygen atoms in total. The number of carbonyl (C=O) groups excluding carboxylic acids is 1. The second-order valence-electron chi connectivity index (χ2n) is 8.05. The molecule has 0 unspecified atom stereocenters. The number of hydrogen-bond acceptors (Lipinski definition) is 7. The van der Waals surface area contributed by atoms with Crippen LogP contribution < -0.4 is 5.32 Å². The Morgan fingerprint density at radius 3 is 2.80 bits per heavy atom. The number of benzene rings is 1. The number of hydrogen-bond donors (Lipinski definition) is 3. The van der Waals surface area contributed by atoms with Gasteiger partial charge in [-0.2, -0.15) is 18.3 Å². The molecule has 4 heterocycles. The number of alkyl halides is 3. The zero-order chi connectivity index (χ0) is 25.2. The molecule has 0 saturated carbocycles. The topological polar surface area (TPSA) is 120 Å². The van der Waals surface area contributed by atoms with Crippen LogP contribution >= 0.6 is 11.3 Å². The molecule has 3 N–H and O–H groups in total. The van der Waals surface area contributed by atoms with Crippen LogP contribution in [0.5, 0.6) is 0 Å². The molecule has 0 bridgehead atoms. The summed E-state index contributed by atoms with van der Waals surface area (Å²) in [4.78, 5) is 29.6. The van der Waals surface area contributed by atoms with Crippen LogP contribution in [0.2, 0.25) is 0 Å². The molecule has 2 aliphatic heterocycles. The first-order chi connectivity index (χ1) is 16.6. The van der Waals surface area contributed by atoms with Gasteiger partial charge in [0.2, 0.25) is 0 Å². The number of aromatic amines is 1. The number of nitrogens with zero attached hydrogens (tertiary/aromatic N) is 3. The number of halogens is 3. The van der Waals surface area contributed by atoms with E-state index in [0.717, 1.165) is 66.4 Å². The Labute approximate surface area is 201 Å². The number of fused-ring (bicyclic) bond motifs is 2. The normalized spacial score (nSPS) is 15.4. The van der Waals surface area contributed by atoms with E-state index in [1.807, 2.05) is 24.3 Å². The van der Waals surface area contributed by atoms with Crippen molar-refractivity contribution in [1.29, 1.82) is 0 Å². The predicted molar refractivity (Wildman–Crippen MR) is 121 cm³/mol. The first-order valence-electron chi connectivity index (χ1n) is 10.6. The molecule has 0 atom stereocenters. The Kier molecular flexibility index (Phi) is 7.19. The molecular formula is C22H22F3N5O4S. The highest BCUT2D eigenvalue weighted by molar-refractivity contribution is 7.13. The molecule has 0 spiro atoms. The number of aromatic nitrogens is 3. The molecule has 13 heteroatoms. The summed E-state index contributed by atoms with van der Waals surface area (Å²) < 4.78 is 37.3. The number of thiazole rings is 1. The van der Waals surface area contributed by atoms with E-state index >= 15 is 0 Å². The fourth-order valence-electron chi connectivity index (χ4n) is 3.70. The number of carboxylic acids is 1. The SMILES string of the molecule is CN1CCc2nc(C(=O)Nc3cccc(-c4n[nH]c5c4COCC5)c3)sc2C1.O=C(O)C(F)(F)F. The van der Waals surface area contributed by atoms with Crippen LogP contribution in [-0.2, 0) is 35.5 Å². The number of amides is 1. The molecule has 0 radical (unpaired) electrons. The molecule has 35 heavy (non-hydrogen) atoms. The lowest BCUT2D eigenvalue weighted by atomic mass is 10.0. The first kappa shape index (κ1) is 24.8. The molecule has 2 aliphatic rings. The van der Waals surface area contributed by atoms with E-state index in [-0.39, 0.29) is 5.91 Å². The fraction of sp³-hybridized carbons (Fsp3) is 0.364. The molecular weight excluding hydrogens is 487 g/mol. The molecule has 1 amide bonds. The summed E-state index contributed by atoms with van der Waals surface area (Å²) in [6.07, 6.45) is -3.33. The number of H-pyrrole nitrogens is 1. The third-order valence-corrected chi connectivity index (χ3v) is 6.53. The van der Waals surface area contributed by atoms with Gasteiger partial charge in [-0.25, -0.2) is 9.78 Å². The first-order valence-corrected chi connectivity index (χ1v) is 11.5. The lowest BCUT2D eigenvalue weighted by molar-refractivity contribution is -0.192. The number of ether oxygens (including phenoxy) is 1. The maximum atomic E-state index is 12.7. The number of nitrogens with one attached hydrogen (secondary N) is 2. The Bertz CT molecular complexity index is 1240. The molecule has 0 fully saturated rings. The minimum atomic E-state index is -5.08. The Balaban J connectivity index is 0.000000364. The number of aliphatic carboxylic acids is 1. The van der Waals surface area contributed by atoms with Crippen molar-refractivity contribution in [2.75, 3.05) is 25.5 Å². The summed E-state index contributed by atoms with van der Waals surface area (Å²) in [5.41, 5.74) is 5.88. The third kappa shape index (κ3) is 5.86. The largest absolute Gasteiger partial charge is 0.490 e. The third-order valence-electron chi connectivity index (χ3n) is 5.45. The van der Waals surface area contributed by atoms with Gasteiger partial charge in [0.25, 0.3) is 5.91 Å². The van der Waals surface area contributed by atoms with Gasteiger partial charge >= 0.3 is 12.1 Å². The summed E-state index contributed by atoms with van der Waals surface area (Å²) in [6.45, 7) is 3.13. The average Bonchev–Trinajstić information content (AvgIpc) is 3.43. The van der Waals surface area contributed by atoms with E-state index in [0.29, 0.717) is 11.6 Å². The van der Waals surface area contributed by atoms with Gasteiger partial charge in [0, 0.05) is 53.3 Å². The van der Waals surface area contributed by atoms with Crippen molar-refractivity contribution in [3.8, 4) is 11.3 Å². The number of carboxylic acid groups (broad SMARTS) is 1. The highest BCUT2D eigenvalue weighted by Crippen LogP contribution is 2.30. The number of rotatable bonds is 3. The van der Waals surface area contributed by atoms with Crippen molar-refractivity contribution >= 4 is 28.9 Å². The van der Waals surface area contributed by atoms with E-state index in [9.17, 15) is 18.0 Å². The number of anilines is 1. The predicted octanol–water partition coefficient (Wildman–Crippen LogP) is 3.48. The lowest BCUT2D eigenvalue weighted by Crippen LogP contribution is -2.25. The van der Waals surface area contributed by atoms with Crippen LogP contribution in [0.15, 0.2) is 24.3 Å². The van der Waals surface area contributed by atoms with Gasteiger partial charge in [0.1, 0.15) is 0 Å². The van der Waals surface area contributed by atoms with Gasteiger partial charge in [0.15, 0.2) is 5.01 Å². The van der Waals surface area contributed by atoms with Gasteiger partial charge < -0.3 is 20.1 Å². The van der Waals surface area contributed by atoms with Crippen LogP contribution in [0.4, 0.5) is 18.9 Å². The van der Waals surface area contributed by atoms with Crippen molar-refractivity contribution in [3.05, 3.63) is 51.1 Å². The molecule has 186 valence electrons. The minimum Gasteiger partial charge on any atom is -0.475 e. The van der Waals surface area contributed by atoms with Gasteiger partial charge in [-0.3, -0.25) is 9.89 Å². The van der Waals surface area contributed by atoms with Crippen LogP contribution in [0.1, 0.15) is 31.6 Å². The Morgan fingerprint density at radius 2 is 2.06 bits per heavy atom. The molecule has 2 aromatic heterocycles. The van der Waals surface area contributed by atoms with Crippen molar-refractivity contribution in [3.63, 3.8) is 0 Å². The summed E-state index contributed by atoms with van der Waals surface area (Å²) in [5, 5.41) is 18.2. The smallest absolute Gasteiger partial charge is 0.475 e. The highest BCUT2D eigenvalue weighted by atomic mass is 32.1. The van der Waals surface area contributed by atoms with Crippen LogP contribution in [0, 0.1) is 0 Å². The van der Waals surface area contributed by atoms with Crippen LogP contribution in [0.25, 0.3) is 11.3 Å². The van der Waals surface area contributed by atoms with E-state index in [1.54, 1.807) is 0 Å². The Hall–Kier alpha value is -3.29. The Morgan fingerprint density at radius 1 is 1.29 bits per heavy atom. The molecule has 3 aromatic rings. The zero-order valence-electron chi connectivity index (χ0n) is 18.6. The van der Waals surface area contributed by atoms with Gasteiger partial charge in [0.05, 0.1) is 24.6 Å². The monoisotopic (exact) mass is 509 g/mol. The molecule has 0 saturated heterocycles. The van der Waals surface area contributed by atoms with E-state index in [2.05, 4.69) is 32.4 Å². The van der Waals surface area contributed by atoms with Gasteiger partial charge in [-0.05, 0) is 19.2 Å².